The number of hydrogen-bond acceptors (Lipinski definition) is 5. The summed E-state index contributed by atoms with van der Waals surface area (Å²) in [6, 6.07) is 12.8. The third kappa shape index (κ3) is 3.73. The number of carbonyl (C=O) groups excluding carboxylic acids is 1. The summed E-state index contributed by atoms with van der Waals surface area (Å²) in [6.45, 7) is 3.71. The van der Waals surface area contributed by atoms with Gasteiger partial charge >= 0.3 is 0 Å². The van der Waals surface area contributed by atoms with Crippen molar-refractivity contribution < 1.29 is 4.79 Å². The van der Waals surface area contributed by atoms with Gasteiger partial charge in [-0.05, 0) is 50.2 Å². The lowest BCUT2D eigenvalue weighted by Gasteiger charge is -2.12. The van der Waals surface area contributed by atoms with Crippen molar-refractivity contribution in [1.82, 2.24) is 15.0 Å². The fraction of sp³-hybridized carbons (Fsp3) is 0.111. The van der Waals surface area contributed by atoms with Gasteiger partial charge in [-0.1, -0.05) is 6.07 Å². The molecule has 0 aliphatic rings. The Morgan fingerprint density at radius 3 is 2.54 bits per heavy atom. The Bertz CT molecular complexity index is 864. The van der Waals surface area contributed by atoms with Crippen molar-refractivity contribution in [3.05, 3.63) is 71.9 Å². The molecule has 0 aliphatic carbocycles. The SMILES string of the molecule is Cc1cccc(NC(=O)c2nc(C)ccc2Nc2cccnc2)n1. The number of pyridine rings is 3. The first kappa shape index (κ1) is 15.6. The summed E-state index contributed by atoms with van der Waals surface area (Å²) >= 11 is 0. The maximum absolute atomic E-state index is 12.6. The van der Waals surface area contributed by atoms with E-state index >= 15 is 0 Å². The number of hydrogen-bond donors (Lipinski definition) is 2. The second-order valence-corrected chi connectivity index (χ2v) is 5.33. The summed E-state index contributed by atoms with van der Waals surface area (Å²) in [5.74, 6) is 0.179. The van der Waals surface area contributed by atoms with Crippen LogP contribution in [0, 0.1) is 13.8 Å². The Kier molecular flexibility index (Phi) is 4.47. The third-order valence-electron chi connectivity index (χ3n) is 3.32. The second kappa shape index (κ2) is 6.87. The van der Waals surface area contributed by atoms with Gasteiger partial charge in [0.25, 0.3) is 5.91 Å². The van der Waals surface area contributed by atoms with E-state index in [1.54, 1.807) is 18.5 Å². The maximum Gasteiger partial charge on any atom is 0.277 e. The van der Waals surface area contributed by atoms with E-state index in [1.807, 2.05) is 50.2 Å². The molecule has 0 saturated heterocycles. The molecule has 0 atom stereocenters. The van der Waals surface area contributed by atoms with Crippen molar-refractivity contribution >= 4 is 23.1 Å². The topological polar surface area (TPSA) is 79.8 Å². The standard InChI is InChI=1S/C18H17N5O/c1-12-5-3-7-16(20-12)23-18(24)17-15(9-8-13(2)21-17)22-14-6-4-10-19-11-14/h3-11,22H,1-2H3,(H,20,23,24). The van der Waals surface area contributed by atoms with Gasteiger partial charge in [0.05, 0.1) is 17.6 Å². The number of nitrogens with one attached hydrogen (secondary N) is 2. The lowest BCUT2D eigenvalue weighted by Crippen LogP contribution is -2.17. The van der Waals surface area contributed by atoms with Crippen molar-refractivity contribution in [2.45, 2.75) is 13.8 Å². The van der Waals surface area contributed by atoms with Crippen LogP contribution in [-0.2, 0) is 0 Å². The Hall–Kier alpha value is -3.28. The first-order valence-corrected chi connectivity index (χ1v) is 7.51. The Morgan fingerprint density at radius 2 is 1.79 bits per heavy atom. The minimum atomic E-state index is -0.316. The first-order valence-electron chi connectivity index (χ1n) is 7.51. The highest BCUT2D eigenvalue weighted by atomic mass is 16.2. The molecule has 3 aromatic rings. The predicted molar refractivity (Wildman–Crippen MR) is 93.4 cm³/mol. The van der Waals surface area contributed by atoms with Crippen LogP contribution in [0.5, 0.6) is 0 Å². The molecule has 0 radical (unpaired) electrons. The molecule has 0 spiro atoms. The van der Waals surface area contributed by atoms with E-state index in [4.69, 9.17) is 0 Å². The van der Waals surface area contributed by atoms with E-state index in [-0.39, 0.29) is 5.91 Å². The van der Waals surface area contributed by atoms with E-state index < -0.39 is 0 Å². The zero-order chi connectivity index (χ0) is 16.9. The van der Waals surface area contributed by atoms with Gasteiger partial charge in [-0.15, -0.1) is 0 Å². The van der Waals surface area contributed by atoms with Gasteiger partial charge in [-0.2, -0.15) is 0 Å². The van der Waals surface area contributed by atoms with Gasteiger partial charge in [-0.3, -0.25) is 9.78 Å². The second-order valence-electron chi connectivity index (χ2n) is 5.33. The molecule has 6 heteroatoms. The fourth-order valence-electron chi connectivity index (χ4n) is 2.21. The maximum atomic E-state index is 12.6. The molecular formula is C18H17N5O. The van der Waals surface area contributed by atoms with Crippen molar-refractivity contribution in [2.75, 3.05) is 10.6 Å². The lowest BCUT2D eigenvalue weighted by atomic mass is 10.2. The molecule has 0 unspecified atom stereocenters. The fourth-order valence-corrected chi connectivity index (χ4v) is 2.21. The normalized spacial score (nSPS) is 10.2. The minimum absolute atomic E-state index is 0.308. The molecule has 3 aromatic heterocycles. The zero-order valence-corrected chi connectivity index (χ0v) is 13.4. The molecule has 0 bridgehead atoms. The zero-order valence-electron chi connectivity index (χ0n) is 13.4. The van der Waals surface area contributed by atoms with Crippen LogP contribution in [0.25, 0.3) is 0 Å². The molecule has 0 fully saturated rings. The predicted octanol–water partition coefficient (Wildman–Crippen LogP) is 3.48. The molecule has 0 aromatic carbocycles. The van der Waals surface area contributed by atoms with Crippen LogP contribution < -0.4 is 10.6 Å². The number of rotatable bonds is 4. The van der Waals surface area contributed by atoms with Gasteiger partial charge in [-0.25, -0.2) is 9.97 Å². The molecule has 1 amide bonds. The smallest absolute Gasteiger partial charge is 0.277 e. The summed E-state index contributed by atoms with van der Waals surface area (Å²) in [7, 11) is 0. The van der Waals surface area contributed by atoms with E-state index in [1.165, 1.54) is 0 Å². The van der Waals surface area contributed by atoms with Gasteiger partial charge in [0.15, 0.2) is 5.69 Å². The quantitative estimate of drug-likeness (QED) is 0.769. The molecule has 0 aliphatic heterocycles. The Morgan fingerprint density at radius 1 is 0.958 bits per heavy atom. The Labute approximate surface area is 140 Å². The largest absolute Gasteiger partial charge is 0.352 e. The molecule has 24 heavy (non-hydrogen) atoms. The average molecular weight is 319 g/mol. The van der Waals surface area contributed by atoms with Crippen molar-refractivity contribution in [2.24, 2.45) is 0 Å². The highest BCUT2D eigenvalue weighted by Gasteiger charge is 2.15. The summed E-state index contributed by atoms with van der Waals surface area (Å²) in [5.41, 5.74) is 3.29. The van der Waals surface area contributed by atoms with Crippen LogP contribution >= 0.6 is 0 Å². The molecule has 3 rings (SSSR count). The summed E-state index contributed by atoms with van der Waals surface area (Å²) in [5, 5.41) is 5.96. The summed E-state index contributed by atoms with van der Waals surface area (Å²) in [4.78, 5) is 25.3. The number of nitrogens with zero attached hydrogens (tertiary/aromatic N) is 3. The molecule has 0 saturated carbocycles. The molecular weight excluding hydrogens is 302 g/mol. The van der Waals surface area contributed by atoms with Crippen LogP contribution in [0.4, 0.5) is 17.2 Å². The number of aromatic nitrogens is 3. The molecule has 3 heterocycles. The van der Waals surface area contributed by atoms with Crippen molar-refractivity contribution in [3.8, 4) is 0 Å². The van der Waals surface area contributed by atoms with Crippen LogP contribution in [0.1, 0.15) is 21.9 Å². The van der Waals surface area contributed by atoms with Gasteiger partial charge in [0, 0.05) is 17.6 Å². The van der Waals surface area contributed by atoms with Crippen LogP contribution in [0.15, 0.2) is 54.9 Å². The van der Waals surface area contributed by atoms with E-state index in [9.17, 15) is 4.79 Å². The molecule has 120 valence electrons. The van der Waals surface area contributed by atoms with Crippen molar-refractivity contribution in [1.29, 1.82) is 0 Å². The summed E-state index contributed by atoms with van der Waals surface area (Å²) in [6.07, 6.45) is 3.37. The number of anilines is 3. The van der Waals surface area contributed by atoms with Crippen LogP contribution in [0.3, 0.4) is 0 Å². The van der Waals surface area contributed by atoms with Gasteiger partial charge < -0.3 is 10.6 Å². The lowest BCUT2D eigenvalue weighted by molar-refractivity contribution is 0.102. The number of amides is 1. The highest BCUT2D eigenvalue weighted by molar-refractivity contribution is 6.06. The van der Waals surface area contributed by atoms with Crippen molar-refractivity contribution in [3.63, 3.8) is 0 Å². The minimum Gasteiger partial charge on any atom is -0.352 e. The average Bonchev–Trinajstić information content (AvgIpc) is 2.57. The van der Waals surface area contributed by atoms with Crippen LogP contribution in [0.2, 0.25) is 0 Å². The highest BCUT2D eigenvalue weighted by Crippen LogP contribution is 2.20. The number of carbonyl (C=O) groups is 1. The monoisotopic (exact) mass is 319 g/mol. The van der Waals surface area contributed by atoms with Gasteiger partial charge in [0.2, 0.25) is 0 Å². The number of aryl methyl sites for hydroxylation is 2. The first-order chi connectivity index (χ1) is 11.6. The third-order valence-corrected chi connectivity index (χ3v) is 3.32. The van der Waals surface area contributed by atoms with Crippen LogP contribution in [-0.4, -0.2) is 20.9 Å². The molecule has 6 nitrogen and oxygen atoms in total. The molecule has 2 N–H and O–H groups in total. The van der Waals surface area contributed by atoms with E-state index in [2.05, 4.69) is 25.6 Å². The van der Waals surface area contributed by atoms with Gasteiger partial charge in [0.1, 0.15) is 5.82 Å². The summed E-state index contributed by atoms with van der Waals surface area (Å²) < 4.78 is 0. The van der Waals surface area contributed by atoms with E-state index in [0.717, 1.165) is 17.1 Å². The Balaban J connectivity index is 1.88. The van der Waals surface area contributed by atoms with E-state index in [0.29, 0.717) is 17.2 Å².